The molecule has 7 unspecified atom stereocenters. The minimum atomic E-state index is -1.61. The van der Waals surface area contributed by atoms with Gasteiger partial charge in [-0.2, -0.15) is 0 Å². The van der Waals surface area contributed by atoms with Crippen LogP contribution in [0, 0.1) is 16.7 Å². The van der Waals surface area contributed by atoms with Gasteiger partial charge in [-0.1, -0.05) is 20.8 Å². The minimum absolute atomic E-state index is 0.139. The average Bonchev–Trinajstić information content (AvgIpc) is 2.83. The lowest BCUT2D eigenvalue weighted by molar-refractivity contribution is -0.341. The van der Waals surface area contributed by atoms with Gasteiger partial charge in [0.1, 0.15) is 18.3 Å². The molecular formula is C19H30O7. The highest BCUT2D eigenvalue weighted by molar-refractivity contribution is 5.78. The van der Waals surface area contributed by atoms with Gasteiger partial charge in [0.15, 0.2) is 6.10 Å². The van der Waals surface area contributed by atoms with E-state index in [4.69, 9.17) is 9.47 Å². The molecule has 1 heterocycles. The van der Waals surface area contributed by atoms with Crippen LogP contribution in [0.25, 0.3) is 0 Å². The van der Waals surface area contributed by atoms with Crippen LogP contribution in [0.5, 0.6) is 0 Å². The number of esters is 2. The van der Waals surface area contributed by atoms with Crippen LogP contribution in [-0.2, 0) is 19.1 Å². The van der Waals surface area contributed by atoms with Crippen molar-refractivity contribution in [2.75, 3.05) is 6.61 Å². The molecule has 2 aliphatic carbocycles. The Morgan fingerprint density at radius 2 is 2.00 bits per heavy atom. The monoisotopic (exact) mass is 370 g/mol. The van der Waals surface area contributed by atoms with Crippen molar-refractivity contribution in [1.82, 2.24) is 0 Å². The minimum Gasteiger partial charge on any atom is -0.465 e. The number of ether oxygens (including phenoxy) is 2. The molecule has 2 saturated carbocycles. The van der Waals surface area contributed by atoms with Gasteiger partial charge in [0.05, 0.1) is 11.0 Å². The summed E-state index contributed by atoms with van der Waals surface area (Å²) in [6, 6.07) is 0. The van der Waals surface area contributed by atoms with E-state index in [1.54, 1.807) is 6.92 Å². The number of hydrogen-bond acceptors (Lipinski definition) is 7. The number of aliphatic hydroxyl groups excluding tert-OH is 1. The number of rotatable bonds is 4. The van der Waals surface area contributed by atoms with E-state index in [-0.39, 0.29) is 25.4 Å². The Kier molecular flexibility index (Phi) is 4.45. The Morgan fingerprint density at radius 1 is 1.35 bits per heavy atom. The molecule has 0 radical (unpaired) electrons. The molecule has 0 aromatic heterocycles. The van der Waals surface area contributed by atoms with E-state index in [1.807, 2.05) is 13.8 Å². The second-order valence-corrected chi connectivity index (χ2v) is 8.76. The van der Waals surface area contributed by atoms with Gasteiger partial charge in [0, 0.05) is 11.8 Å². The molecule has 1 spiro atoms. The molecule has 2 bridgehead atoms. The number of fused-ring (bicyclic) bond motifs is 1. The van der Waals surface area contributed by atoms with Crippen molar-refractivity contribution in [2.24, 2.45) is 16.7 Å². The van der Waals surface area contributed by atoms with Crippen molar-refractivity contribution in [3.63, 3.8) is 0 Å². The molecule has 26 heavy (non-hydrogen) atoms. The number of hydrogen-bond donors (Lipinski definition) is 3. The van der Waals surface area contributed by atoms with Crippen molar-refractivity contribution in [3.8, 4) is 0 Å². The zero-order valence-corrected chi connectivity index (χ0v) is 15.9. The second kappa shape index (κ2) is 5.91. The summed E-state index contributed by atoms with van der Waals surface area (Å²) in [6.07, 6.45) is -0.374. The van der Waals surface area contributed by atoms with E-state index in [1.165, 1.54) is 6.92 Å². The highest BCUT2D eigenvalue weighted by Crippen LogP contribution is 2.70. The highest BCUT2D eigenvalue weighted by Gasteiger charge is 2.80. The predicted molar refractivity (Wildman–Crippen MR) is 90.9 cm³/mol. The maximum atomic E-state index is 12.3. The van der Waals surface area contributed by atoms with Crippen LogP contribution in [0.1, 0.15) is 59.8 Å². The molecule has 3 rings (SSSR count). The normalized spacial score (nSPS) is 50.1. The van der Waals surface area contributed by atoms with Gasteiger partial charge in [0.25, 0.3) is 0 Å². The topological polar surface area (TPSA) is 113 Å². The lowest BCUT2D eigenvalue weighted by Crippen LogP contribution is -2.80. The summed E-state index contributed by atoms with van der Waals surface area (Å²) < 4.78 is 10.8. The summed E-state index contributed by atoms with van der Waals surface area (Å²) in [5.74, 6) is -1.35. The first-order valence-corrected chi connectivity index (χ1v) is 9.47. The third-order valence-electron chi connectivity index (χ3n) is 7.71. The average molecular weight is 370 g/mol. The van der Waals surface area contributed by atoms with E-state index in [9.17, 15) is 24.9 Å². The summed E-state index contributed by atoms with van der Waals surface area (Å²) in [5.41, 5.74) is -5.59. The third-order valence-corrected chi connectivity index (χ3v) is 7.71. The maximum absolute atomic E-state index is 12.3. The zero-order chi connectivity index (χ0) is 19.5. The molecule has 1 aliphatic heterocycles. The summed E-state index contributed by atoms with van der Waals surface area (Å²) in [7, 11) is 0. The molecule has 148 valence electrons. The highest BCUT2D eigenvalue weighted by atomic mass is 16.6. The van der Waals surface area contributed by atoms with Crippen LogP contribution in [0.15, 0.2) is 0 Å². The number of aliphatic hydroxyl groups is 3. The van der Waals surface area contributed by atoms with Crippen LogP contribution in [-0.4, -0.2) is 57.3 Å². The van der Waals surface area contributed by atoms with Crippen molar-refractivity contribution in [1.29, 1.82) is 0 Å². The molecule has 7 atom stereocenters. The molecule has 0 aromatic carbocycles. The summed E-state index contributed by atoms with van der Waals surface area (Å²) in [4.78, 5) is 24.2. The molecule has 3 N–H and O–H groups in total. The van der Waals surface area contributed by atoms with Crippen LogP contribution in [0.4, 0.5) is 0 Å². The molecule has 0 aromatic rings. The quantitative estimate of drug-likeness (QED) is 0.631. The Morgan fingerprint density at radius 3 is 2.62 bits per heavy atom. The Bertz CT molecular complexity index is 617. The van der Waals surface area contributed by atoms with E-state index in [0.29, 0.717) is 19.3 Å². The van der Waals surface area contributed by atoms with E-state index >= 15 is 0 Å². The number of carbonyl (C=O) groups is 2. The molecule has 0 amide bonds. The van der Waals surface area contributed by atoms with E-state index in [0.717, 1.165) is 0 Å². The Balaban J connectivity index is 2.08. The van der Waals surface area contributed by atoms with Gasteiger partial charge in [-0.25, -0.2) is 4.79 Å². The summed E-state index contributed by atoms with van der Waals surface area (Å²) >= 11 is 0. The SMILES string of the molecule is CCCC(=O)OCC1(C)C(C)(O)C2CC3(C(C)CCC31O)C(O)C(=O)O2. The molecule has 3 aliphatic rings. The largest absolute Gasteiger partial charge is 0.465 e. The third kappa shape index (κ3) is 2.11. The first kappa shape index (κ1) is 19.6. The molecular weight excluding hydrogens is 340 g/mol. The summed E-state index contributed by atoms with van der Waals surface area (Å²) in [5, 5.41) is 33.9. The lowest BCUT2D eigenvalue weighted by Gasteiger charge is -2.67. The van der Waals surface area contributed by atoms with E-state index < -0.39 is 46.2 Å². The van der Waals surface area contributed by atoms with Crippen LogP contribution in [0.2, 0.25) is 0 Å². The van der Waals surface area contributed by atoms with Gasteiger partial charge in [-0.3, -0.25) is 4.79 Å². The lowest BCUT2D eigenvalue weighted by atomic mass is 9.44. The van der Waals surface area contributed by atoms with Crippen molar-refractivity contribution < 1.29 is 34.4 Å². The van der Waals surface area contributed by atoms with E-state index in [2.05, 4.69) is 0 Å². The van der Waals surface area contributed by atoms with Crippen molar-refractivity contribution in [3.05, 3.63) is 0 Å². The molecule has 1 saturated heterocycles. The standard InChI is InChI=1S/C19H30O7/c1-5-6-13(20)25-10-16(3)17(4,23)12-9-18(14(21)15(22)26-12)11(2)7-8-19(16,18)24/h11-12,14,21,23-24H,5-10H2,1-4H3. The van der Waals surface area contributed by atoms with Crippen LogP contribution in [0.3, 0.4) is 0 Å². The smallest absolute Gasteiger partial charge is 0.336 e. The van der Waals surface area contributed by atoms with Crippen LogP contribution >= 0.6 is 0 Å². The fraction of sp³-hybridized carbons (Fsp3) is 0.895. The van der Waals surface area contributed by atoms with Gasteiger partial charge < -0.3 is 24.8 Å². The Hall–Kier alpha value is -1.18. The van der Waals surface area contributed by atoms with Crippen LogP contribution < -0.4 is 0 Å². The summed E-state index contributed by atoms with van der Waals surface area (Å²) in [6.45, 7) is 6.74. The van der Waals surface area contributed by atoms with Gasteiger partial charge in [-0.05, 0) is 38.5 Å². The second-order valence-electron chi connectivity index (χ2n) is 8.76. The predicted octanol–water partition coefficient (Wildman–Crippen LogP) is 0.924. The van der Waals surface area contributed by atoms with Gasteiger partial charge in [0.2, 0.25) is 0 Å². The zero-order valence-electron chi connectivity index (χ0n) is 15.9. The molecule has 3 fully saturated rings. The Labute approximate surface area is 153 Å². The first-order valence-electron chi connectivity index (χ1n) is 9.47. The molecule has 7 heteroatoms. The first-order chi connectivity index (χ1) is 12.0. The fourth-order valence-electron chi connectivity index (χ4n) is 5.71. The van der Waals surface area contributed by atoms with Gasteiger partial charge in [-0.15, -0.1) is 0 Å². The maximum Gasteiger partial charge on any atom is 0.336 e. The fourth-order valence-corrected chi connectivity index (χ4v) is 5.71. The molecule has 7 nitrogen and oxygen atoms in total. The van der Waals surface area contributed by atoms with Crippen molar-refractivity contribution >= 4 is 11.9 Å². The van der Waals surface area contributed by atoms with Crippen molar-refractivity contribution in [2.45, 2.75) is 83.2 Å². The van der Waals surface area contributed by atoms with Gasteiger partial charge >= 0.3 is 11.9 Å². The number of carbonyl (C=O) groups excluding carboxylic acids is 2.